The van der Waals surface area contributed by atoms with Gasteiger partial charge in [-0.2, -0.15) is 0 Å². The van der Waals surface area contributed by atoms with Gasteiger partial charge >= 0.3 is 0 Å². The van der Waals surface area contributed by atoms with Crippen LogP contribution in [0.4, 0.5) is 0 Å². The Morgan fingerprint density at radius 3 is 2.77 bits per heavy atom. The summed E-state index contributed by atoms with van der Waals surface area (Å²) in [6.45, 7) is 2.98. The van der Waals surface area contributed by atoms with Gasteiger partial charge in [0.05, 0.1) is 4.34 Å². The van der Waals surface area contributed by atoms with Crippen molar-refractivity contribution in [3.8, 4) is 0 Å². The lowest BCUT2D eigenvalue weighted by Crippen LogP contribution is -2.43. The van der Waals surface area contributed by atoms with E-state index >= 15 is 0 Å². The summed E-state index contributed by atoms with van der Waals surface area (Å²) in [7, 11) is 0. The fourth-order valence-corrected chi connectivity index (χ4v) is 2.69. The van der Waals surface area contributed by atoms with Gasteiger partial charge < -0.3 is 5.73 Å². The van der Waals surface area contributed by atoms with Crippen LogP contribution in [0.15, 0.2) is 11.4 Å². The molecule has 1 aliphatic rings. The van der Waals surface area contributed by atoms with E-state index in [4.69, 9.17) is 17.3 Å². The molecule has 2 nitrogen and oxygen atoms in total. The summed E-state index contributed by atoms with van der Waals surface area (Å²) in [5.41, 5.74) is 6.95. The minimum Gasteiger partial charge on any atom is -0.329 e. The zero-order chi connectivity index (χ0) is 9.26. The van der Waals surface area contributed by atoms with Crippen molar-refractivity contribution in [3.63, 3.8) is 0 Å². The third kappa shape index (κ3) is 1.74. The molecule has 13 heavy (non-hydrogen) atoms. The topological polar surface area (TPSA) is 29.3 Å². The Morgan fingerprint density at radius 2 is 2.38 bits per heavy atom. The van der Waals surface area contributed by atoms with Gasteiger partial charge in [0.25, 0.3) is 0 Å². The van der Waals surface area contributed by atoms with Crippen LogP contribution < -0.4 is 5.73 Å². The van der Waals surface area contributed by atoms with Crippen molar-refractivity contribution in [2.24, 2.45) is 5.73 Å². The van der Waals surface area contributed by atoms with Gasteiger partial charge in [-0.1, -0.05) is 11.6 Å². The van der Waals surface area contributed by atoms with Gasteiger partial charge in [-0.15, -0.1) is 11.3 Å². The summed E-state index contributed by atoms with van der Waals surface area (Å²) in [6, 6.07) is 2.43. The number of hydrogen-bond donors (Lipinski definition) is 1. The lowest BCUT2D eigenvalue weighted by atomic mass is 10.1. The molecule has 0 amide bonds. The lowest BCUT2D eigenvalue weighted by molar-refractivity contribution is 0.122. The quantitative estimate of drug-likeness (QED) is 0.839. The van der Waals surface area contributed by atoms with E-state index in [1.165, 1.54) is 12.0 Å². The predicted octanol–water partition coefficient (Wildman–Crippen LogP) is 2.11. The fraction of sp³-hybridized carbons (Fsp3) is 0.556. The Balaban J connectivity index is 2.16. The molecule has 1 unspecified atom stereocenters. The molecule has 0 aliphatic carbocycles. The molecule has 0 spiro atoms. The maximum absolute atomic E-state index is 6.07. The molecule has 0 aromatic carbocycles. The minimum atomic E-state index is 0.340. The average Bonchev–Trinajstić information content (AvgIpc) is 2.43. The summed E-state index contributed by atoms with van der Waals surface area (Å²) < 4.78 is 0.891. The Hall–Kier alpha value is -0.0900. The monoisotopic (exact) mass is 216 g/mol. The molecular formula is C9H13ClN2S. The molecule has 1 aliphatic heterocycles. The first-order chi connectivity index (χ1) is 6.33. The highest BCUT2D eigenvalue weighted by atomic mass is 35.5. The Bertz CT molecular complexity index is 283. The van der Waals surface area contributed by atoms with Crippen molar-refractivity contribution in [1.29, 1.82) is 0 Å². The van der Waals surface area contributed by atoms with Crippen molar-refractivity contribution in [2.45, 2.75) is 12.5 Å². The summed E-state index contributed by atoms with van der Waals surface area (Å²) >= 11 is 7.66. The van der Waals surface area contributed by atoms with Gasteiger partial charge in [-0.05, 0) is 17.9 Å². The van der Waals surface area contributed by atoms with Gasteiger partial charge in [-0.25, -0.2) is 0 Å². The van der Waals surface area contributed by atoms with E-state index in [1.54, 1.807) is 11.3 Å². The molecule has 2 N–H and O–H groups in total. The van der Waals surface area contributed by atoms with Crippen molar-refractivity contribution in [2.75, 3.05) is 19.6 Å². The standard InChI is InChI=1S/C9H13ClN2S/c10-9-7(2-5-13-9)8(6-11)12-3-1-4-12/h2,5,8H,1,3-4,6,11H2. The molecule has 72 valence electrons. The number of halogens is 1. The van der Waals surface area contributed by atoms with E-state index < -0.39 is 0 Å². The van der Waals surface area contributed by atoms with Crippen molar-refractivity contribution in [1.82, 2.24) is 4.90 Å². The van der Waals surface area contributed by atoms with Crippen LogP contribution in [0, 0.1) is 0 Å². The van der Waals surface area contributed by atoms with E-state index in [9.17, 15) is 0 Å². The number of thiophene rings is 1. The Labute approximate surface area is 87.3 Å². The lowest BCUT2D eigenvalue weighted by Gasteiger charge is -2.37. The average molecular weight is 217 g/mol. The highest BCUT2D eigenvalue weighted by Gasteiger charge is 2.25. The maximum Gasteiger partial charge on any atom is 0.0976 e. The number of nitrogens with two attached hydrogens (primary N) is 1. The molecule has 1 aromatic heterocycles. The van der Waals surface area contributed by atoms with Crippen LogP contribution in [0.1, 0.15) is 18.0 Å². The maximum atomic E-state index is 6.07. The molecule has 0 saturated carbocycles. The largest absolute Gasteiger partial charge is 0.329 e. The summed E-state index contributed by atoms with van der Waals surface area (Å²) in [4.78, 5) is 2.38. The van der Waals surface area contributed by atoms with Crippen LogP contribution in [0.2, 0.25) is 4.34 Å². The molecule has 1 atom stereocenters. The molecule has 0 bridgehead atoms. The van der Waals surface area contributed by atoms with Gasteiger partial charge in [0.1, 0.15) is 0 Å². The van der Waals surface area contributed by atoms with E-state index in [1.807, 2.05) is 5.38 Å². The Morgan fingerprint density at radius 1 is 1.62 bits per heavy atom. The van der Waals surface area contributed by atoms with Crippen LogP contribution in [0.3, 0.4) is 0 Å². The second-order valence-electron chi connectivity index (χ2n) is 3.29. The van der Waals surface area contributed by atoms with Crippen LogP contribution in [0.25, 0.3) is 0 Å². The molecule has 0 radical (unpaired) electrons. The molecule has 2 rings (SSSR count). The van der Waals surface area contributed by atoms with Crippen LogP contribution in [0.5, 0.6) is 0 Å². The fourth-order valence-electron chi connectivity index (χ4n) is 1.67. The second-order valence-corrected chi connectivity index (χ2v) is 4.81. The zero-order valence-electron chi connectivity index (χ0n) is 7.37. The van der Waals surface area contributed by atoms with Crippen LogP contribution >= 0.6 is 22.9 Å². The summed E-state index contributed by atoms with van der Waals surface area (Å²) in [6.07, 6.45) is 1.29. The van der Waals surface area contributed by atoms with E-state index in [2.05, 4.69) is 11.0 Å². The highest BCUT2D eigenvalue weighted by Crippen LogP contribution is 2.33. The van der Waals surface area contributed by atoms with Crippen molar-refractivity contribution < 1.29 is 0 Å². The van der Waals surface area contributed by atoms with Crippen LogP contribution in [-0.2, 0) is 0 Å². The van der Waals surface area contributed by atoms with Gasteiger partial charge in [0.2, 0.25) is 0 Å². The SMILES string of the molecule is NCC(c1ccsc1Cl)N1CCC1. The third-order valence-corrected chi connectivity index (χ3v) is 3.76. The number of rotatable bonds is 3. The van der Waals surface area contributed by atoms with E-state index in [0.29, 0.717) is 12.6 Å². The molecule has 4 heteroatoms. The third-order valence-electron chi connectivity index (χ3n) is 2.56. The molecular weight excluding hydrogens is 204 g/mol. The first-order valence-electron chi connectivity index (χ1n) is 4.50. The summed E-state index contributed by atoms with van der Waals surface area (Å²) in [5.74, 6) is 0. The normalized spacial score (nSPS) is 19.8. The predicted molar refractivity (Wildman–Crippen MR) is 57.3 cm³/mol. The zero-order valence-corrected chi connectivity index (χ0v) is 8.94. The Kier molecular flexibility index (Phi) is 2.89. The second kappa shape index (κ2) is 3.96. The van der Waals surface area contributed by atoms with E-state index in [0.717, 1.165) is 17.4 Å². The highest BCUT2D eigenvalue weighted by molar-refractivity contribution is 7.14. The van der Waals surface area contributed by atoms with E-state index in [-0.39, 0.29) is 0 Å². The molecule has 1 aromatic rings. The minimum absolute atomic E-state index is 0.340. The molecule has 1 fully saturated rings. The number of hydrogen-bond acceptors (Lipinski definition) is 3. The molecule has 2 heterocycles. The van der Waals surface area contributed by atoms with Gasteiger partial charge in [-0.3, -0.25) is 4.90 Å². The first kappa shape index (κ1) is 9.46. The van der Waals surface area contributed by atoms with Crippen molar-refractivity contribution in [3.05, 3.63) is 21.3 Å². The molecule has 1 saturated heterocycles. The van der Waals surface area contributed by atoms with Crippen LogP contribution in [-0.4, -0.2) is 24.5 Å². The van der Waals surface area contributed by atoms with Gasteiger partial charge in [0, 0.05) is 31.2 Å². The van der Waals surface area contributed by atoms with Gasteiger partial charge in [0.15, 0.2) is 0 Å². The number of likely N-dealkylation sites (tertiary alicyclic amines) is 1. The summed E-state index contributed by atoms with van der Waals surface area (Å²) in [5, 5.41) is 2.03. The smallest absolute Gasteiger partial charge is 0.0976 e. The van der Waals surface area contributed by atoms with Crippen molar-refractivity contribution >= 4 is 22.9 Å². The number of nitrogens with zero attached hydrogens (tertiary/aromatic N) is 1. The first-order valence-corrected chi connectivity index (χ1v) is 5.75.